The number of anilines is 1. The summed E-state index contributed by atoms with van der Waals surface area (Å²) in [5.41, 5.74) is 5.02. The highest BCUT2D eigenvalue weighted by Crippen LogP contribution is 2.31. The number of carbonyl (C=O) groups is 1. The van der Waals surface area contributed by atoms with Crippen LogP contribution in [0.1, 0.15) is 23.2 Å². The largest absolute Gasteiger partial charge is 0.406 e. The zero-order valence-electron chi connectivity index (χ0n) is 9.88. The van der Waals surface area contributed by atoms with Crippen molar-refractivity contribution in [2.24, 2.45) is 0 Å². The van der Waals surface area contributed by atoms with Gasteiger partial charge < -0.3 is 10.6 Å². The second-order valence-electron chi connectivity index (χ2n) is 4.52. The van der Waals surface area contributed by atoms with Gasteiger partial charge in [-0.05, 0) is 31.0 Å². The molecule has 0 atom stereocenters. The minimum atomic E-state index is -4.45. The first-order chi connectivity index (χ1) is 8.78. The Kier molecular flexibility index (Phi) is 3.38. The molecule has 0 aromatic heterocycles. The highest BCUT2D eigenvalue weighted by molar-refractivity contribution is 5.95. The van der Waals surface area contributed by atoms with Crippen molar-refractivity contribution in [2.75, 3.05) is 12.3 Å². The van der Waals surface area contributed by atoms with Crippen molar-refractivity contribution in [2.45, 2.75) is 25.1 Å². The van der Waals surface area contributed by atoms with E-state index in [0.29, 0.717) is 12.8 Å². The molecule has 7 heteroatoms. The van der Waals surface area contributed by atoms with Gasteiger partial charge in [-0.3, -0.25) is 4.79 Å². The summed E-state index contributed by atoms with van der Waals surface area (Å²) in [5, 5.41) is 0. The lowest BCUT2D eigenvalue weighted by molar-refractivity contribution is -0.141. The number of hydrogen-bond acceptors (Lipinski definition) is 2. The lowest BCUT2D eigenvalue weighted by atomic mass is 10.1. The molecule has 1 amide bonds. The van der Waals surface area contributed by atoms with E-state index in [-0.39, 0.29) is 17.3 Å². The van der Waals surface area contributed by atoms with Gasteiger partial charge in [0.15, 0.2) is 0 Å². The molecular weight excluding hydrogens is 264 g/mol. The van der Waals surface area contributed by atoms with Crippen LogP contribution < -0.4 is 5.73 Å². The molecule has 0 aliphatic heterocycles. The molecule has 19 heavy (non-hydrogen) atoms. The fourth-order valence-electron chi connectivity index (χ4n) is 1.79. The lowest BCUT2D eigenvalue weighted by Gasteiger charge is -2.23. The third-order valence-electron chi connectivity index (χ3n) is 2.84. The zero-order valence-corrected chi connectivity index (χ0v) is 9.88. The zero-order chi connectivity index (χ0) is 14.2. The van der Waals surface area contributed by atoms with Crippen molar-refractivity contribution in [1.82, 2.24) is 4.90 Å². The van der Waals surface area contributed by atoms with Crippen LogP contribution in [0.15, 0.2) is 18.2 Å². The molecule has 0 radical (unpaired) electrons. The average molecular weight is 276 g/mol. The molecule has 1 saturated carbocycles. The summed E-state index contributed by atoms with van der Waals surface area (Å²) < 4.78 is 50.3. The number of nitrogens with two attached hydrogens (primary N) is 1. The molecular formula is C12H12F4N2O. The second kappa shape index (κ2) is 4.71. The van der Waals surface area contributed by atoms with E-state index in [1.807, 2.05) is 0 Å². The van der Waals surface area contributed by atoms with Crippen molar-refractivity contribution in [3.63, 3.8) is 0 Å². The number of nitrogen functional groups attached to an aromatic ring is 1. The molecule has 0 unspecified atom stereocenters. The highest BCUT2D eigenvalue weighted by Gasteiger charge is 2.40. The molecule has 2 rings (SSSR count). The number of rotatable bonds is 3. The molecule has 1 aliphatic carbocycles. The molecule has 1 aliphatic rings. The first kappa shape index (κ1) is 13.6. The fourth-order valence-corrected chi connectivity index (χ4v) is 1.79. The van der Waals surface area contributed by atoms with E-state index in [2.05, 4.69) is 0 Å². The number of halogens is 4. The monoisotopic (exact) mass is 276 g/mol. The van der Waals surface area contributed by atoms with Crippen LogP contribution >= 0.6 is 0 Å². The minimum absolute atomic E-state index is 0.0324. The van der Waals surface area contributed by atoms with Crippen molar-refractivity contribution < 1.29 is 22.4 Å². The maximum absolute atomic E-state index is 13.0. The fraction of sp³-hybridized carbons (Fsp3) is 0.417. The Labute approximate surface area is 107 Å². The van der Waals surface area contributed by atoms with Gasteiger partial charge in [0.2, 0.25) is 0 Å². The maximum atomic E-state index is 13.0. The predicted molar refractivity (Wildman–Crippen MR) is 60.9 cm³/mol. The minimum Gasteiger partial charge on any atom is -0.396 e. The molecule has 1 aromatic rings. The van der Waals surface area contributed by atoms with Gasteiger partial charge in [-0.25, -0.2) is 4.39 Å². The average Bonchev–Trinajstić information content (AvgIpc) is 3.11. The van der Waals surface area contributed by atoms with Crippen LogP contribution in [0.5, 0.6) is 0 Å². The summed E-state index contributed by atoms with van der Waals surface area (Å²) in [6, 6.07) is 2.78. The summed E-state index contributed by atoms with van der Waals surface area (Å²) in [6.07, 6.45) is -3.35. The van der Waals surface area contributed by atoms with Gasteiger partial charge in [0.1, 0.15) is 12.4 Å². The summed E-state index contributed by atoms with van der Waals surface area (Å²) in [6.45, 7) is -1.30. The molecule has 1 fully saturated rings. The Morgan fingerprint density at radius 1 is 1.37 bits per heavy atom. The number of hydrogen-bond donors (Lipinski definition) is 1. The van der Waals surface area contributed by atoms with Crippen LogP contribution in [0.25, 0.3) is 0 Å². The van der Waals surface area contributed by atoms with Crippen LogP contribution in [-0.4, -0.2) is 29.6 Å². The number of carbonyl (C=O) groups excluding carboxylic acids is 1. The Balaban J connectivity index is 2.21. The van der Waals surface area contributed by atoms with Crippen molar-refractivity contribution in [1.29, 1.82) is 0 Å². The summed E-state index contributed by atoms with van der Waals surface area (Å²) >= 11 is 0. The van der Waals surface area contributed by atoms with E-state index < -0.39 is 24.4 Å². The summed E-state index contributed by atoms with van der Waals surface area (Å²) in [7, 11) is 0. The quantitative estimate of drug-likeness (QED) is 0.681. The van der Waals surface area contributed by atoms with Crippen molar-refractivity contribution in [3.8, 4) is 0 Å². The van der Waals surface area contributed by atoms with Gasteiger partial charge in [-0.15, -0.1) is 0 Å². The van der Waals surface area contributed by atoms with Gasteiger partial charge in [-0.1, -0.05) is 0 Å². The Hall–Kier alpha value is -1.79. The molecule has 3 nitrogen and oxygen atoms in total. The SMILES string of the molecule is Nc1cc(C(=O)N(CC(F)(F)F)C2CC2)ccc1F. The van der Waals surface area contributed by atoms with Crippen LogP contribution in [-0.2, 0) is 0 Å². The van der Waals surface area contributed by atoms with E-state index in [4.69, 9.17) is 5.73 Å². The molecule has 0 heterocycles. The second-order valence-corrected chi connectivity index (χ2v) is 4.52. The Morgan fingerprint density at radius 2 is 2.00 bits per heavy atom. The molecule has 2 N–H and O–H groups in total. The van der Waals surface area contributed by atoms with Crippen LogP contribution in [0, 0.1) is 5.82 Å². The standard InChI is InChI=1S/C12H12F4N2O/c13-9-4-1-7(5-10(9)17)11(19)18(8-2-3-8)6-12(14,15)16/h1,4-5,8H,2-3,6,17H2. The topological polar surface area (TPSA) is 46.3 Å². The highest BCUT2D eigenvalue weighted by atomic mass is 19.4. The van der Waals surface area contributed by atoms with Crippen molar-refractivity contribution in [3.05, 3.63) is 29.6 Å². The van der Waals surface area contributed by atoms with E-state index in [0.717, 1.165) is 23.1 Å². The van der Waals surface area contributed by atoms with Gasteiger partial charge in [0, 0.05) is 11.6 Å². The Morgan fingerprint density at radius 3 is 2.47 bits per heavy atom. The van der Waals surface area contributed by atoms with Gasteiger partial charge in [-0.2, -0.15) is 13.2 Å². The maximum Gasteiger partial charge on any atom is 0.406 e. The first-order valence-electron chi connectivity index (χ1n) is 5.70. The first-order valence-corrected chi connectivity index (χ1v) is 5.70. The molecule has 104 valence electrons. The van der Waals surface area contributed by atoms with Gasteiger partial charge in [0.05, 0.1) is 5.69 Å². The molecule has 0 bridgehead atoms. The number of amides is 1. The predicted octanol–water partition coefficient (Wildman–Crippen LogP) is 2.57. The molecule has 1 aromatic carbocycles. The third-order valence-corrected chi connectivity index (χ3v) is 2.84. The number of benzene rings is 1. The van der Waals surface area contributed by atoms with E-state index >= 15 is 0 Å². The summed E-state index contributed by atoms with van der Waals surface area (Å²) in [5.74, 6) is -1.48. The van der Waals surface area contributed by atoms with Crippen molar-refractivity contribution >= 4 is 11.6 Å². The van der Waals surface area contributed by atoms with E-state index in [1.165, 1.54) is 0 Å². The van der Waals surface area contributed by atoms with Crippen LogP contribution in [0.2, 0.25) is 0 Å². The number of nitrogens with zero attached hydrogens (tertiary/aromatic N) is 1. The van der Waals surface area contributed by atoms with Crippen LogP contribution in [0.3, 0.4) is 0 Å². The molecule has 0 saturated heterocycles. The summed E-state index contributed by atoms with van der Waals surface area (Å²) in [4.78, 5) is 12.8. The smallest absolute Gasteiger partial charge is 0.396 e. The molecule has 0 spiro atoms. The normalized spacial score (nSPS) is 15.4. The van der Waals surface area contributed by atoms with Gasteiger partial charge in [0.25, 0.3) is 5.91 Å². The number of alkyl halides is 3. The third kappa shape index (κ3) is 3.36. The Bertz CT molecular complexity index is 497. The van der Waals surface area contributed by atoms with E-state index in [1.54, 1.807) is 0 Å². The van der Waals surface area contributed by atoms with Gasteiger partial charge >= 0.3 is 6.18 Å². The van der Waals surface area contributed by atoms with Crippen LogP contribution in [0.4, 0.5) is 23.2 Å². The van der Waals surface area contributed by atoms with E-state index in [9.17, 15) is 22.4 Å². The lowest BCUT2D eigenvalue weighted by Crippen LogP contribution is -2.40.